The van der Waals surface area contributed by atoms with Gasteiger partial charge in [0.1, 0.15) is 17.1 Å². The molecular weight excluding hydrogens is 414 g/mol. The van der Waals surface area contributed by atoms with Gasteiger partial charge in [-0.2, -0.15) is 0 Å². The monoisotopic (exact) mass is 439 g/mol. The van der Waals surface area contributed by atoms with Gasteiger partial charge in [-0.15, -0.1) is 10.2 Å². The van der Waals surface area contributed by atoms with Crippen molar-refractivity contribution in [2.75, 3.05) is 11.9 Å². The van der Waals surface area contributed by atoms with Gasteiger partial charge in [0.2, 0.25) is 0 Å². The number of azo groups is 1. The number of hydrogen-bond acceptors (Lipinski definition) is 5. The number of aryl methyl sites for hydroxylation is 2. The summed E-state index contributed by atoms with van der Waals surface area (Å²) >= 11 is 0. The van der Waals surface area contributed by atoms with Crippen LogP contribution in [0.25, 0.3) is 10.8 Å². The third-order valence-corrected chi connectivity index (χ3v) is 5.30. The highest BCUT2D eigenvalue weighted by Gasteiger charge is 2.19. The fraction of sp³-hybridized carbons (Fsp3) is 0.148. The van der Waals surface area contributed by atoms with Crippen LogP contribution in [0.3, 0.4) is 0 Å². The molecule has 0 spiro atoms. The molecule has 6 heteroatoms. The van der Waals surface area contributed by atoms with Crippen LogP contribution >= 0.6 is 0 Å². The smallest absolute Gasteiger partial charge is 0.259 e. The number of carbonyl (C=O) groups excluding carboxylic acids is 1. The molecule has 4 aromatic carbocycles. The van der Waals surface area contributed by atoms with E-state index in [9.17, 15) is 9.90 Å². The van der Waals surface area contributed by atoms with Crippen molar-refractivity contribution >= 4 is 33.7 Å². The molecule has 0 saturated heterocycles. The van der Waals surface area contributed by atoms with Crippen molar-refractivity contribution in [1.82, 2.24) is 0 Å². The Balaban J connectivity index is 1.81. The number of nitrogens with zero attached hydrogens (tertiary/aromatic N) is 2. The molecule has 0 aliphatic rings. The Kier molecular flexibility index (Phi) is 6.36. The molecule has 0 aromatic heterocycles. The van der Waals surface area contributed by atoms with E-state index in [4.69, 9.17) is 4.74 Å². The summed E-state index contributed by atoms with van der Waals surface area (Å²) in [7, 11) is 0. The van der Waals surface area contributed by atoms with Crippen molar-refractivity contribution in [3.63, 3.8) is 0 Å². The van der Waals surface area contributed by atoms with Crippen LogP contribution in [0.4, 0.5) is 17.1 Å². The summed E-state index contributed by atoms with van der Waals surface area (Å²) in [5.41, 5.74) is 3.53. The molecule has 0 atom stereocenters. The highest BCUT2D eigenvalue weighted by Crippen LogP contribution is 2.41. The molecule has 2 N–H and O–H groups in total. The van der Waals surface area contributed by atoms with E-state index in [1.165, 1.54) is 0 Å². The number of hydrogen-bond donors (Lipinski definition) is 2. The standard InChI is InChI=1S/C27H25N3O3/c1-4-33-24-12-8-7-11-23(24)29-30-25-20-14-13-17(2)15-19(20)16-21(26(25)31)27(32)28-22-10-6-5-9-18(22)3/h5-16,31H,4H2,1-3H3,(H,28,32). The zero-order valence-corrected chi connectivity index (χ0v) is 18.8. The van der Waals surface area contributed by atoms with Gasteiger partial charge in [-0.1, -0.05) is 54.1 Å². The number of phenolic OH excluding ortho intramolecular Hbond substituents is 1. The number of rotatable bonds is 6. The highest BCUT2D eigenvalue weighted by atomic mass is 16.5. The van der Waals surface area contributed by atoms with Gasteiger partial charge in [-0.3, -0.25) is 4.79 Å². The van der Waals surface area contributed by atoms with Crippen molar-refractivity contribution in [3.8, 4) is 11.5 Å². The van der Waals surface area contributed by atoms with E-state index in [-0.39, 0.29) is 17.0 Å². The van der Waals surface area contributed by atoms with E-state index in [0.717, 1.165) is 16.5 Å². The molecule has 0 bridgehead atoms. The SMILES string of the molecule is CCOc1ccccc1N=Nc1c(O)c(C(=O)Nc2ccccc2C)cc2cc(C)ccc12. The second-order valence-corrected chi connectivity index (χ2v) is 7.72. The Morgan fingerprint density at radius 3 is 2.52 bits per heavy atom. The lowest BCUT2D eigenvalue weighted by molar-refractivity contribution is 0.102. The third-order valence-electron chi connectivity index (χ3n) is 5.30. The fourth-order valence-corrected chi connectivity index (χ4v) is 3.59. The number of fused-ring (bicyclic) bond motifs is 1. The first-order valence-electron chi connectivity index (χ1n) is 10.7. The third kappa shape index (κ3) is 4.70. The lowest BCUT2D eigenvalue weighted by atomic mass is 10.0. The maximum atomic E-state index is 13.1. The summed E-state index contributed by atoms with van der Waals surface area (Å²) in [6, 6.07) is 22.2. The normalized spacial score (nSPS) is 11.1. The average Bonchev–Trinajstić information content (AvgIpc) is 2.80. The van der Waals surface area contributed by atoms with Crippen molar-refractivity contribution in [1.29, 1.82) is 0 Å². The van der Waals surface area contributed by atoms with Gasteiger partial charge in [0, 0.05) is 11.1 Å². The lowest BCUT2D eigenvalue weighted by Crippen LogP contribution is -2.13. The van der Waals surface area contributed by atoms with Gasteiger partial charge in [-0.25, -0.2) is 0 Å². The first kappa shape index (κ1) is 22.0. The van der Waals surface area contributed by atoms with Crippen molar-refractivity contribution in [2.24, 2.45) is 10.2 Å². The van der Waals surface area contributed by atoms with Gasteiger partial charge >= 0.3 is 0 Å². The Bertz CT molecular complexity index is 1360. The molecule has 0 radical (unpaired) electrons. The van der Waals surface area contributed by atoms with Crippen LogP contribution in [-0.4, -0.2) is 17.6 Å². The minimum absolute atomic E-state index is 0.128. The summed E-state index contributed by atoms with van der Waals surface area (Å²) in [6.07, 6.45) is 0. The highest BCUT2D eigenvalue weighted by molar-refractivity contribution is 6.12. The number of phenols is 1. The summed E-state index contributed by atoms with van der Waals surface area (Å²) < 4.78 is 5.62. The number of nitrogens with one attached hydrogen (secondary N) is 1. The zero-order valence-electron chi connectivity index (χ0n) is 18.8. The molecule has 33 heavy (non-hydrogen) atoms. The molecule has 0 fully saturated rings. The number of aromatic hydroxyl groups is 1. The maximum absolute atomic E-state index is 13.1. The molecule has 0 saturated carbocycles. The molecule has 4 aromatic rings. The molecule has 166 valence electrons. The predicted molar refractivity (Wildman–Crippen MR) is 131 cm³/mol. The molecule has 1 amide bonds. The van der Waals surface area contributed by atoms with Crippen LogP contribution in [0.2, 0.25) is 0 Å². The molecule has 0 unspecified atom stereocenters. The average molecular weight is 440 g/mol. The van der Waals surface area contributed by atoms with E-state index in [0.29, 0.717) is 29.1 Å². The topological polar surface area (TPSA) is 83.3 Å². The summed E-state index contributed by atoms with van der Waals surface area (Å²) in [4.78, 5) is 13.1. The summed E-state index contributed by atoms with van der Waals surface area (Å²) in [5, 5.41) is 24.1. The number of para-hydroxylation sites is 2. The molecule has 6 nitrogen and oxygen atoms in total. The van der Waals surface area contributed by atoms with E-state index in [1.54, 1.807) is 12.1 Å². The molecule has 4 rings (SSSR count). The molecule has 0 aliphatic heterocycles. The van der Waals surface area contributed by atoms with Crippen LogP contribution in [0, 0.1) is 13.8 Å². The van der Waals surface area contributed by atoms with Crippen molar-refractivity contribution < 1.29 is 14.6 Å². The molecular formula is C27H25N3O3. The Labute approximate surface area is 192 Å². The number of ether oxygens (including phenoxy) is 1. The minimum Gasteiger partial charge on any atom is -0.505 e. The van der Waals surface area contributed by atoms with Gasteiger partial charge in [0.15, 0.2) is 5.75 Å². The predicted octanol–water partition coefficient (Wildman–Crippen LogP) is 7.23. The van der Waals surface area contributed by atoms with Crippen LogP contribution in [0.5, 0.6) is 11.5 Å². The fourth-order valence-electron chi connectivity index (χ4n) is 3.59. The lowest BCUT2D eigenvalue weighted by Gasteiger charge is -2.13. The second kappa shape index (κ2) is 9.53. The van der Waals surface area contributed by atoms with Gasteiger partial charge < -0.3 is 15.2 Å². The Morgan fingerprint density at radius 1 is 0.970 bits per heavy atom. The van der Waals surface area contributed by atoms with Crippen molar-refractivity contribution in [2.45, 2.75) is 20.8 Å². The number of benzene rings is 4. The van der Waals surface area contributed by atoms with Crippen LogP contribution in [-0.2, 0) is 0 Å². The van der Waals surface area contributed by atoms with Crippen LogP contribution in [0.15, 0.2) is 83.0 Å². The number of carbonyl (C=O) groups is 1. The maximum Gasteiger partial charge on any atom is 0.259 e. The van der Waals surface area contributed by atoms with E-state index in [2.05, 4.69) is 15.5 Å². The van der Waals surface area contributed by atoms with Crippen LogP contribution in [0.1, 0.15) is 28.4 Å². The quantitative estimate of drug-likeness (QED) is 0.311. The number of amides is 1. The Morgan fingerprint density at radius 2 is 1.73 bits per heavy atom. The summed E-state index contributed by atoms with van der Waals surface area (Å²) in [6.45, 7) is 6.27. The Hall–Kier alpha value is -4.19. The first-order chi connectivity index (χ1) is 16.0. The van der Waals surface area contributed by atoms with E-state index in [1.807, 2.05) is 81.4 Å². The zero-order chi connectivity index (χ0) is 23.4. The van der Waals surface area contributed by atoms with Crippen molar-refractivity contribution in [3.05, 3.63) is 89.5 Å². The number of anilines is 1. The minimum atomic E-state index is -0.420. The van der Waals surface area contributed by atoms with E-state index >= 15 is 0 Å². The molecule has 0 aliphatic carbocycles. The van der Waals surface area contributed by atoms with Gasteiger partial charge in [-0.05, 0) is 56.0 Å². The summed E-state index contributed by atoms with van der Waals surface area (Å²) in [5.74, 6) is -0.0525. The van der Waals surface area contributed by atoms with E-state index < -0.39 is 5.91 Å². The largest absolute Gasteiger partial charge is 0.505 e. The van der Waals surface area contributed by atoms with Crippen LogP contribution < -0.4 is 10.1 Å². The second-order valence-electron chi connectivity index (χ2n) is 7.72. The van der Waals surface area contributed by atoms with Gasteiger partial charge in [0.25, 0.3) is 5.91 Å². The molecule has 0 heterocycles. The van der Waals surface area contributed by atoms with Gasteiger partial charge in [0.05, 0.1) is 12.2 Å². The first-order valence-corrected chi connectivity index (χ1v) is 10.7.